The van der Waals surface area contributed by atoms with Crippen molar-refractivity contribution < 1.29 is 4.74 Å². The summed E-state index contributed by atoms with van der Waals surface area (Å²) in [5.41, 5.74) is 8.91. The average molecular weight is 261 g/mol. The fraction of sp³-hybridized carbons (Fsp3) is 0.647. The second-order valence-electron chi connectivity index (χ2n) is 6.31. The standard InChI is InChI=1S/C17H27NO/c1-14(2)16-8-6-15(7-9-16)12-19-13-17(18)10-4-3-5-11-17/h6-9,14H,3-5,10-13,18H2,1-2H3. The van der Waals surface area contributed by atoms with Crippen LogP contribution in [0.25, 0.3) is 0 Å². The van der Waals surface area contributed by atoms with Crippen molar-refractivity contribution >= 4 is 0 Å². The van der Waals surface area contributed by atoms with Crippen molar-refractivity contribution in [3.8, 4) is 0 Å². The molecule has 0 saturated heterocycles. The molecule has 0 atom stereocenters. The molecule has 0 radical (unpaired) electrons. The van der Waals surface area contributed by atoms with E-state index in [-0.39, 0.29) is 5.54 Å². The zero-order valence-electron chi connectivity index (χ0n) is 12.3. The van der Waals surface area contributed by atoms with E-state index in [9.17, 15) is 0 Å². The summed E-state index contributed by atoms with van der Waals surface area (Å²) in [5.74, 6) is 0.588. The van der Waals surface area contributed by atoms with E-state index in [0.717, 1.165) is 12.8 Å². The molecular weight excluding hydrogens is 234 g/mol. The topological polar surface area (TPSA) is 35.2 Å². The van der Waals surface area contributed by atoms with Gasteiger partial charge in [0.25, 0.3) is 0 Å². The molecule has 0 bridgehead atoms. The molecule has 106 valence electrons. The minimum Gasteiger partial charge on any atom is -0.375 e. The lowest BCUT2D eigenvalue weighted by molar-refractivity contribution is 0.0574. The van der Waals surface area contributed by atoms with E-state index in [1.54, 1.807) is 0 Å². The Bertz CT molecular complexity index is 377. The van der Waals surface area contributed by atoms with Crippen molar-refractivity contribution in [1.82, 2.24) is 0 Å². The van der Waals surface area contributed by atoms with Crippen molar-refractivity contribution in [2.24, 2.45) is 5.73 Å². The molecule has 0 aromatic heterocycles. The van der Waals surface area contributed by atoms with Crippen LogP contribution in [0.1, 0.15) is 63.0 Å². The summed E-state index contributed by atoms with van der Waals surface area (Å²) < 4.78 is 5.84. The molecule has 0 spiro atoms. The lowest BCUT2D eigenvalue weighted by Crippen LogP contribution is -2.46. The predicted octanol–water partition coefficient (Wildman–Crippen LogP) is 3.99. The summed E-state index contributed by atoms with van der Waals surface area (Å²) in [6.07, 6.45) is 6.06. The summed E-state index contributed by atoms with van der Waals surface area (Å²) in [4.78, 5) is 0. The minimum absolute atomic E-state index is 0.0733. The van der Waals surface area contributed by atoms with E-state index in [2.05, 4.69) is 38.1 Å². The fourth-order valence-electron chi connectivity index (χ4n) is 2.77. The second kappa shape index (κ2) is 6.53. The molecule has 1 saturated carbocycles. The summed E-state index contributed by atoms with van der Waals surface area (Å²) in [6, 6.07) is 8.73. The van der Waals surface area contributed by atoms with Gasteiger partial charge in [0.15, 0.2) is 0 Å². The van der Waals surface area contributed by atoms with Crippen molar-refractivity contribution in [3.63, 3.8) is 0 Å². The van der Waals surface area contributed by atoms with Gasteiger partial charge in [0.1, 0.15) is 0 Å². The van der Waals surface area contributed by atoms with Gasteiger partial charge in [-0.3, -0.25) is 0 Å². The van der Waals surface area contributed by atoms with Gasteiger partial charge in [0, 0.05) is 5.54 Å². The minimum atomic E-state index is -0.0733. The van der Waals surface area contributed by atoms with E-state index < -0.39 is 0 Å². The molecule has 2 N–H and O–H groups in total. The first-order valence-electron chi connectivity index (χ1n) is 7.54. The predicted molar refractivity (Wildman–Crippen MR) is 80.2 cm³/mol. The third-order valence-electron chi connectivity index (χ3n) is 4.15. The first-order valence-corrected chi connectivity index (χ1v) is 7.54. The second-order valence-corrected chi connectivity index (χ2v) is 6.31. The van der Waals surface area contributed by atoms with Crippen LogP contribution in [0.4, 0.5) is 0 Å². The molecule has 1 aliphatic carbocycles. The highest BCUT2D eigenvalue weighted by Crippen LogP contribution is 2.26. The first-order chi connectivity index (χ1) is 9.09. The lowest BCUT2D eigenvalue weighted by atomic mass is 9.83. The first kappa shape index (κ1) is 14.5. The summed E-state index contributed by atoms with van der Waals surface area (Å²) >= 11 is 0. The van der Waals surface area contributed by atoms with Crippen LogP contribution in [0, 0.1) is 0 Å². The smallest absolute Gasteiger partial charge is 0.0717 e. The van der Waals surface area contributed by atoms with Crippen LogP contribution in [0.2, 0.25) is 0 Å². The summed E-state index contributed by atoms with van der Waals surface area (Å²) in [6.45, 7) is 5.80. The summed E-state index contributed by atoms with van der Waals surface area (Å²) in [5, 5.41) is 0. The zero-order valence-corrected chi connectivity index (χ0v) is 12.3. The largest absolute Gasteiger partial charge is 0.375 e. The Hall–Kier alpha value is -0.860. The molecule has 0 amide bonds. The van der Waals surface area contributed by atoms with Crippen LogP contribution in [-0.2, 0) is 11.3 Å². The van der Waals surface area contributed by atoms with E-state index in [1.807, 2.05) is 0 Å². The molecule has 1 aromatic carbocycles. The molecule has 0 heterocycles. The molecule has 1 aromatic rings. The highest BCUT2D eigenvalue weighted by molar-refractivity contribution is 5.24. The quantitative estimate of drug-likeness (QED) is 0.870. The van der Waals surface area contributed by atoms with Crippen molar-refractivity contribution in [2.75, 3.05) is 6.61 Å². The highest BCUT2D eigenvalue weighted by atomic mass is 16.5. The number of nitrogens with two attached hydrogens (primary N) is 1. The number of hydrogen-bond donors (Lipinski definition) is 1. The fourth-order valence-corrected chi connectivity index (χ4v) is 2.77. The average Bonchev–Trinajstić information content (AvgIpc) is 2.40. The van der Waals surface area contributed by atoms with Crippen LogP contribution in [0.5, 0.6) is 0 Å². The van der Waals surface area contributed by atoms with Crippen LogP contribution in [-0.4, -0.2) is 12.1 Å². The Morgan fingerprint density at radius 2 is 1.74 bits per heavy atom. The van der Waals surface area contributed by atoms with Gasteiger partial charge >= 0.3 is 0 Å². The van der Waals surface area contributed by atoms with Crippen LogP contribution in [0.3, 0.4) is 0 Å². The molecule has 1 fully saturated rings. The van der Waals surface area contributed by atoms with Crippen LogP contribution in [0.15, 0.2) is 24.3 Å². The molecule has 0 aliphatic heterocycles. The van der Waals surface area contributed by atoms with Gasteiger partial charge in [-0.05, 0) is 29.9 Å². The maximum Gasteiger partial charge on any atom is 0.0717 e. The van der Waals surface area contributed by atoms with Gasteiger partial charge in [-0.2, -0.15) is 0 Å². The van der Waals surface area contributed by atoms with Gasteiger partial charge in [0.2, 0.25) is 0 Å². The maximum atomic E-state index is 6.36. The number of benzene rings is 1. The van der Waals surface area contributed by atoms with Gasteiger partial charge in [-0.15, -0.1) is 0 Å². The Morgan fingerprint density at radius 1 is 1.11 bits per heavy atom. The molecule has 0 unspecified atom stereocenters. The summed E-state index contributed by atoms with van der Waals surface area (Å²) in [7, 11) is 0. The Labute approximate surface area is 117 Å². The van der Waals surface area contributed by atoms with Crippen LogP contribution >= 0.6 is 0 Å². The van der Waals surface area contributed by atoms with E-state index >= 15 is 0 Å². The Balaban J connectivity index is 1.79. The van der Waals surface area contributed by atoms with Crippen molar-refractivity contribution in [1.29, 1.82) is 0 Å². The molecule has 2 nitrogen and oxygen atoms in total. The molecular formula is C17H27NO. The van der Waals surface area contributed by atoms with Gasteiger partial charge in [-0.25, -0.2) is 0 Å². The van der Waals surface area contributed by atoms with Gasteiger partial charge in [-0.1, -0.05) is 57.4 Å². The van der Waals surface area contributed by atoms with Crippen LogP contribution < -0.4 is 5.73 Å². The number of rotatable bonds is 5. The normalized spacial score (nSPS) is 18.7. The van der Waals surface area contributed by atoms with Gasteiger partial charge in [0.05, 0.1) is 13.2 Å². The molecule has 1 aliphatic rings. The number of hydrogen-bond acceptors (Lipinski definition) is 2. The molecule has 2 heteroatoms. The van der Waals surface area contributed by atoms with E-state index in [4.69, 9.17) is 10.5 Å². The lowest BCUT2D eigenvalue weighted by Gasteiger charge is -2.33. The Kier molecular flexibility index (Phi) is 5.00. The highest BCUT2D eigenvalue weighted by Gasteiger charge is 2.27. The Morgan fingerprint density at radius 3 is 2.32 bits per heavy atom. The molecule has 2 rings (SSSR count). The monoisotopic (exact) mass is 261 g/mol. The third kappa shape index (κ3) is 4.32. The number of ether oxygens (including phenoxy) is 1. The van der Waals surface area contributed by atoms with E-state index in [0.29, 0.717) is 19.1 Å². The third-order valence-corrected chi connectivity index (χ3v) is 4.15. The van der Waals surface area contributed by atoms with E-state index in [1.165, 1.54) is 30.4 Å². The molecule has 19 heavy (non-hydrogen) atoms. The van der Waals surface area contributed by atoms with Crippen molar-refractivity contribution in [2.45, 2.75) is 64.0 Å². The zero-order chi connectivity index (χ0) is 13.7. The van der Waals surface area contributed by atoms with Gasteiger partial charge < -0.3 is 10.5 Å². The van der Waals surface area contributed by atoms with Crippen molar-refractivity contribution in [3.05, 3.63) is 35.4 Å². The maximum absolute atomic E-state index is 6.36. The SMILES string of the molecule is CC(C)c1ccc(COCC2(N)CCCCC2)cc1.